The second-order valence-corrected chi connectivity index (χ2v) is 8.78. The zero-order chi connectivity index (χ0) is 23.5. The molecule has 0 fully saturated rings. The van der Waals surface area contributed by atoms with Gasteiger partial charge in [-0.15, -0.1) is 11.3 Å². The number of carbonyl (C=O) groups excluding carboxylic acids is 1. The number of unbranched alkanes of at least 4 members (excludes halogenated alkanes) is 3. The van der Waals surface area contributed by atoms with Crippen molar-refractivity contribution in [2.24, 2.45) is 0 Å². The lowest BCUT2D eigenvalue weighted by Gasteiger charge is -2.14. The van der Waals surface area contributed by atoms with Crippen LogP contribution in [0.5, 0.6) is 0 Å². The molecule has 31 heavy (non-hydrogen) atoms. The fraction of sp³-hybridized carbons (Fsp3) is 0.625. The van der Waals surface area contributed by atoms with E-state index in [1.54, 1.807) is 25.8 Å². The molecule has 0 saturated carbocycles. The van der Waals surface area contributed by atoms with Gasteiger partial charge in [-0.3, -0.25) is 4.79 Å². The molecule has 6 nitrogen and oxygen atoms in total. The fourth-order valence-corrected chi connectivity index (χ4v) is 2.66. The molecule has 2 heterocycles. The first-order valence-corrected chi connectivity index (χ1v) is 11.8. The minimum atomic E-state index is 0.0417. The third-order valence-corrected chi connectivity index (χ3v) is 5.00. The first kappa shape index (κ1) is 29.2. The molecule has 0 bridgehead atoms. The Morgan fingerprint density at radius 1 is 1.13 bits per heavy atom. The molecule has 0 radical (unpaired) electrons. The van der Waals surface area contributed by atoms with Crippen molar-refractivity contribution in [2.45, 2.75) is 72.3 Å². The van der Waals surface area contributed by atoms with Gasteiger partial charge in [-0.2, -0.15) is 0 Å². The summed E-state index contributed by atoms with van der Waals surface area (Å²) in [7, 11) is 3.43. The van der Waals surface area contributed by atoms with Gasteiger partial charge < -0.3 is 14.8 Å². The summed E-state index contributed by atoms with van der Waals surface area (Å²) < 4.78 is 9.96. The molecule has 2 rings (SSSR count). The molecule has 0 aromatic carbocycles. The van der Waals surface area contributed by atoms with Crippen LogP contribution in [0.2, 0.25) is 0 Å². The first-order chi connectivity index (χ1) is 14.8. The van der Waals surface area contributed by atoms with Gasteiger partial charge in [0.25, 0.3) is 0 Å². The molecule has 0 aliphatic heterocycles. The third kappa shape index (κ3) is 15.6. The predicted octanol–water partition coefficient (Wildman–Crippen LogP) is 6.48. The van der Waals surface area contributed by atoms with Crippen LogP contribution >= 0.6 is 11.3 Å². The van der Waals surface area contributed by atoms with Crippen LogP contribution in [-0.2, 0) is 9.47 Å². The topological polar surface area (TPSA) is 73.3 Å². The SMILES string of the molecule is CCCC.COC(C)(C)C.COCCCCCNc1cc(-c2nc(C=O)cs2)ccn1. The number of ether oxygens (including phenoxy) is 2. The Balaban J connectivity index is 0.000000753. The van der Waals surface area contributed by atoms with Crippen molar-refractivity contribution in [1.82, 2.24) is 9.97 Å². The van der Waals surface area contributed by atoms with Crippen molar-refractivity contribution < 1.29 is 14.3 Å². The van der Waals surface area contributed by atoms with Gasteiger partial charge in [0.2, 0.25) is 0 Å². The van der Waals surface area contributed by atoms with Gasteiger partial charge >= 0.3 is 0 Å². The summed E-state index contributed by atoms with van der Waals surface area (Å²) in [6, 6.07) is 3.86. The zero-order valence-electron chi connectivity index (χ0n) is 20.4. The van der Waals surface area contributed by atoms with E-state index in [4.69, 9.17) is 9.47 Å². The number of carbonyl (C=O) groups is 1. The van der Waals surface area contributed by atoms with Gasteiger partial charge in [0.1, 0.15) is 16.5 Å². The summed E-state index contributed by atoms with van der Waals surface area (Å²) in [5, 5.41) is 5.90. The van der Waals surface area contributed by atoms with E-state index in [9.17, 15) is 4.79 Å². The van der Waals surface area contributed by atoms with Gasteiger partial charge in [0.05, 0.1) is 5.60 Å². The Hall–Kier alpha value is -1.83. The summed E-state index contributed by atoms with van der Waals surface area (Å²) in [6.45, 7) is 12.1. The number of nitrogens with one attached hydrogen (secondary N) is 1. The largest absolute Gasteiger partial charge is 0.385 e. The number of methoxy groups -OCH3 is 2. The van der Waals surface area contributed by atoms with Crippen LogP contribution in [0.4, 0.5) is 5.82 Å². The highest BCUT2D eigenvalue weighted by molar-refractivity contribution is 7.13. The predicted molar refractivity (Wildman–Crippen MR) is 132 cm³/mol. The van der Waals surface area contributed by atoms with Gasteiger partial charge in [-0.1, -0.05) is 26.7 Å². The summed E-state index contributed by atoms with van der Waals surface area (Å²) in [5.41, 5.74) is 1.49. The molecule has 7 heteroatoms. The van der Waals surface area contributed by atoms with E-state index in [1.807, 2.05) is 32.9 Å². The van der Waals surface area contributed by atoms with Crippen LogP contribution in [-0.4, -0.2) is 49.2 Å². The third-order valence-electron chi connectivity index (χ3n) is 4.09. The van der Waals surface area contributed by atoms with E-state index >= 15 is 0 Å². The number of hydrogen-bond donors (Lipinski definition) is 1. The normalized spacial score (nSPS) is 10.4. The Bertz CT molecular complexity index is 697. The van der Waals surface area contributed by atoms with Crippen molar-refractivity contribution in [3.8, 4) is 10.6 Å². The Morgan fingerprint density at radius 3 is 2.32 bits per heavy atom. The minimum absolute atomic E-state index is 0.0417. The molecular formula is C24H41N3O3S. The molecule has 176 valence electrons. The van der Waals surface area contributed by atoms with Crippen molar-refractivity contribution in [2.75, 3.05) is 32.7 Å². The zero-order valence-corrected chi connectivity index (χ0v) is 21.2. The molecule has 0 amide bonds. The smallest absolute Gasteiger partial charge is 0.169 e. The van der Waals surface area contributed by atoms with Gasteiger partial charge in [-0.25, -0.2) is 9.97 Å². The second-order valence-electron chi connectivity index (χ2n) is 7.92. The number of hydrogen-bond acceptors (Lipinski definition) is 7. The number of thiazole rings is 1. The highest BCUT2D eigenvalue weighted by Crippen LogP contribution is 2.24. The molecule has 0 atom stereocenters. The maximum Gasteiger partial charge on any atom is 0.169 e. The van der Waals surface area contributed by atoms with Crippen molar-refractivity contribution in [3.05, 3.63) is 29.4 Å². The summed E-state index contributed by atoms with van der Waals surface area (Å²) in [4.78, 5) is 19.2. The van der Waals surface area contributed by atoms with Crippen molar-refractivity contribution >= 4 is 23.4 Å². The molecule has 2 aromatic heterocycles. The average Bonchev–Trinajstić information content (AvgIpc) is 3.26. The second kappa shape index (κ2) is 17.8. The lowest BCUT2D eigenvalue weighted by molar-refractivity contribution is 0.0397. The Labute approximate surface area is 192 Å². The number of anilines is 1. The first-order valence-electron chi connectivity index (χ1n) is 11.0. The highest BCUT2D eigenvalue weighted by atomic mass is 32.1. The molecule has 0 saturated heterocycles. The number of rotatable bonds is 10. The summed E-state index contributed by atoms with van der Waals surface area (Å²) >= 11 is 1.46. The summed E-state index contributed by atoms with van der Waals surface area (Å²) in [6.07, 6.45) is 8.46. The highest BCUT2D eigenvalue weighted by Gasteiger charge is 2.05. The van der Waals surface area contributed by atoms with Crippen LogP contribution in [0.1, 0.15) is 77.2 Å². The van der Waals surface area contributed by atoms with Crippen LogP contribution in [0.15, 0.2) is 23.7 Å². The van der Waals surface area contributed by atoms with Crippen molar-refractivity contribution in [3.63, 3.8) is 0 Å². The number of nitrogens with zero attached hydrogens (tertiary/aromatic N) is 2. The quantitative estimate of drug-likeness (QED) is 0.329. The maximum atomic E-state index is 10.7. The van der Waals surface area contributed by atoms with E-state index in [1.165, 1.54) is 24.2 Å². The molecular weight excluding hydrogens is 410 g/mol. The van der Waals surface area contributed by atoms with E-state index < -0.39 is 0 Å². The van der Waals surface area contributed by atoms with Gasteiger partial charge in [0, 0.05) is 44.5 Å². The standard InChI is InChI=1S/C15H19N3O2S.C5H12O.C4H10/c1-20-8-4-2-3-6-16-14-9-12(5-7-17-14)15-18-13(10-19)11-21-15;1-5(2,3)6-4;1-3-4-2/h5,7,9-11H,2-4,6,8H2,1H3,(H,16,17);1-4H3;3-4H2,1-2H3. The van der Waals surface area contributed by atoms with Crippen molar-refractivity contribution in [1.29, 1.82) is 0 Å². The maximum absolute atomic E-state index is 10.7. The van der Waals surface area contributed by atoms with E-state index in [-0.39, 0.29) is 5.60 Å². The van der Waals surface area contributed by atoms with Gasteiger partial charge in [-0.05, 0) is 52.2 Å². The van der Waals surface area contributed by atoms with Gasteiger partial charge in [0.15, 0.2) is 6.29 Å². The number of pyridine rings is 1. The minimum Gasteiger partial charge on any atom is -0.385 e. The Morgan fingerprint density at radius 2 is 1.81 bits per heavy atom. The molecule has 0 spiro atoms. The van der Waals surface area contributed by atoms with E-state index in [0.29, 0.717) is 5.69 Å². The summed E-state index contributed by atoms with van der Waals surface area (Å²) in [5.74, 6) is 0.835. The van der Waals surface area contributed by atoms with E-state index in [0.717, 1.165) is 55.1 Å². The Kier molecular flexibility index (Phi) is 16.8. The lowest BCUT2D eigenvalue weighted by atomic mass is 10.2. The fourth-order valence-electron chi connectivity index (χ4n) is 1.90. The molecule has 1 N–H and O–H groups in total. The van der Waals surface area contributed by atoms with Crippen LogP contribution < -0.4 is 5.32 Å². The van der Waals surface area contributed by atoms with Crippen LogP contribution in [0.3, 0.4) is 0 Å². The van der Waals surface area contributed by atoms with Crippen LogP contribution in [0.25, 0.3) is 10.6 Å². The molecule has 2 aromatic rings. The van der Waals surface area contributed by atoms with E-state index in [2.05, 4.69) is 29.1 Å². The molecule has 0 unspecified atom stereocenters. The average molecular weight is 452 g/mol. The lowest BCUT2D eigenvalue weighted by Crippen LogP contribution is -2.15. The van der Waals surface area contributed by atoms with Crippen LogP contribution in [0, 0.1) is 0 Å². The monoisotopic (exact) mass is 451 g/mol. The number of aldehydes is 1. The molecule has 0 aliphatic rings. The number of aromatic nitrogens is 2. The molecule has 0 aliphatic carbocycles.